The lowest BCUT2D eigenvalue weighted by Gasteiger charge is -2.09. The van der Waals surface area contributed by atoms with Crippen LogP contribution in [0.2, 0.25) is 0 Å². The molecule has 2 aromatic carbocycles. The van der Waals surface area contributed by atoms with Gasteiger partial charge in [0.2, 0.25) is 5.95 Å². The second kappa shape index (κ2) is 10.1. The summed E-state index contributed by atoms with van der Waals surface area (Å²) < 4.78 is 10.8. The van der Waals surface area contributed by atoms with E-state index in [0.717, 1.165) is 17.1 Å². The molecule has 7 heteroatoms. The second-order valence-electron chi connectivity index (χ2n) is 6.38. The molecular weight excluding hydrogens is 368 g/mol. The third kappa shape index (κ3) is 6.21. The van der Waals surface area contributed by atoms with Gasteiger partial charge in [0, 0.05) is 12.7 Å². The Hall–Kier alpha value is -3.61. The lowest BCUT2D eigenvalue weighted by atomic mass is 10.1. The van der Waals surface area contributed by atoms with Crippen LogP contribution in [0.15, 0.2) is 60.8 Å². The van der Waals surface area contributed by atoms with E-state index in [-0.39, 0.29) is 5.91 Å². The van der Waals surface area contributed by atoms with Gasteiger partial charge in [-0.25, -0.2) is 9.97 Å². The predicted molar refractivity (Wildman–Crippen MR) is 111 cm³/mol. The van der Waals surface area contributed by atoms with Crippen molar-refractivity contribution in [3.05, 3.63) is 77.6 Å². The molecule has 29 heavy (non-hydrogen) atoms. The smallest absolute Gasteiger partial charge is 0.270 e. The molecular formula is C22H24N4O3. The van der Waals surface area contributed by atoms with Crippen LogP contribution in [0.1, 0.15) is 21.6 Å². The minimum atomic E-state index is -0.245. The first-order valence-electron chi connectivity index (χ1n) is 9.31. The third-order valence-corrected chi connectivity index (χ3v) is 4.18. The van der Waals surface area contributed by atoms with Crippen molar-refractivity contribution in [2.75, 3.05) is 25.6 Å². The summed E-state index contributed by atoms with van der Waals surface area (Å²) in [4.78, 5) is 20.7. The van der Waals surface area contributed by atoms with Crippen LogP contribution in [0.25, 0.3) is 0 Å². The number of rotatable bonds is 9. The Bertz CT molecular complexity index is 928. The fourth-order valence-corrected chi connectivity index (χ4v) is 2.55. The van der Waals surface area contributed by atoms with Crippen LogP contribution in [-0.2, 0) is 6.54 Å². The topological polar surface area (TPSA) is 85.4 Å². The molecule has 0 saturated carbocycles. The van der Waals surface area contributed by atoms with Gasteiger partial charge in [-0.05, 0) is 42.8 Å². The van der Waals surface area contributed by atoms with Crippen LogP contribution in [-0.4, -0.2) is 36.1 Å². The average Bonchev–Trinajstić information content (AvgIpc) is 2.77. The quantitative estimate of drug-likeness (QED) is 0.544. The molecule has 0 radical (unpaired) electrons. The van der Waals surface area contributed by atoms with Crippen LogP contribution in [0.3, 0.4) is 0 Å². The Balaban J connectivity index is 1.45. The Labute approximate surface area is 170 Å². The van der Waals surface area contributed by atoms with Crippen molar-refractivity contribution in [2.24, 2.45) is 0 Å². The Kier molecular flexibility index (Phi) is 7.00. The van der Waals surface area contributed by atoms with Gasteiger partial charge < -0.3 is 20.1 Å². The molecule has 3 aromatic rings. The molecule has 7 nitrogen and oxygen atoms in total. The Morgan fingerprint density at radius 1 is 1.00 bits per heavy atom. The summed E-state index contributed by atoms with van der Waals surface area (Å²) in [5.41, 5.74) is 2.53. The van der Waals surface area contributed by atoms with Gasteiger partial charge in [0.1, 0.15) is 23.8 Å². The van der Waals surface area contributed by atoms with E-state index in [1.807, 2.05) is 55.5 Å². The van der Waals surface area contributed by atoms with Crippen LogP contribution in [0.5, 0.6) is 11.5 Å². The molecule has 0 aliphatic rings. The van der Waals surface area contributed by atoms with Gasteiger partial charge in [-0.15, -0.1) is 0 Å². The lowest BCUT2D eigenvalue weighted by molar-refractivity contribution is 0.0946. The monoisotopic (exact) mass is 392 g/mol. The summed E-state index contributed by atoms with van der Waals surface area (Å²) in [5.74, 6) is 1.66. The van der Waals surface area contributed by atoms with Crippen molar-refractivity contribution in [2.45, 2.75) is 13.5 Å². The normalized spacial score (nSPS) is 10.3. The molecule has 0 fully saturated rings. The molecule has 3 rings (SSSR count). The number of benzene rings is 2. The first-order chi connectivity index (χ1) is 14.1. The highest BCUT2D eigenvalue weighted by molar-refractivity contribution is 5.92. The highest BCUT2D eigenvalue weighted by atomic mass is 16.5. The van der Waals surface area contributed by atoms with E-state index in [2.05, 4.69) is 20.6 Å². The number of hydrogen-bond donors (Lipinski definition) is 2. The first kappa shape index (κ1) is 20.1. The number of ether oxygens (including phenoxy) is 2. The number of carbonyl (C=O) groups is 1. The Morgan fingerprint density at radius 3 is 2.45 bits per heavy atom. The third-order valence-electron chi connectivity index (χ3n) is 4.18. The van der Waals surface area contributed by atoms with Gasteiger partial charge >= 0.3 is 0 Å². The predicted octanol–water partition coefficient (Wildman–Crippen LogP) is 3.21. The van der Waals surface area contributed by atoms with E-state index in [1.165, 1.54) is 5.56 Å². The number of carbonyl (C=O) groups excluding carboxylic acids is 1. The van der Waals surface area contributed by atoms with E-state index in [0.29, 0.717) is 31.3 Å². The van der Waals surface area contributed by atoms with Crippen LogP contribution >= 0.6 is 0 Å². The second-order valence-corrected chi connectivity index (χ2v) is 6.38. The maximum Gasteiger partial charge on any atom is 0.270 e. The standard InChI is InChI=1S/C22H24N4O3/c1-16-3-5-17(6-4-16)15-25-21(27)20-11-12-23-22(26-20)24-13-14-29-19-9-7-18(28-2)8-10-19/h3-12H,13-15H2,1-2H3,(H,25,27)(H,23,24,26). The molecule has 0 saturated heterocycles. The van der Waals surface area contributed by atoms with Crippen LogP contribution in [0, 0.1) is 6.92 Å². The number of amides is 1. The summed E-state index contributed by atoms with van der Waals surface area (Å²) >= 11 is 0. The summed E-state index contributed by atoms with van der Waals surface area (Å²) in [5, 5.41) is 5.93. The van der Waals surface area contributed by atoms with Crippen LogP contribution < -0.4 is 20.1 Å². The number of aromatic nitrogens is 2. The molecule has 0 aliphatic heterocycles. The van der Waals surface area contributed by atoms with Gasteiger partial charge in [0.25, 0.3) is 5.91 Å². The van der Waals surface area contributed by atoms with E-state index >= 15 is 0 Å². The van der Waals surface area contributed by atoms with Gasteiger partial charge in [0.15, 0.2) is 0 Å². The summed E-state index contributed by atoms with van der Waals surface area (Å²) in [6, 6.07) is 17.0. The first-order valence-corrected chi connectivity index (χ1v) is 9.31. The summed E-state index contributed by atoms with van der Waals surface area (Å²) in [6.07, 6.45) is 1.56. The van der Waals surface area contributed by atoms with Crippen molar-refractivity contribution in [1.82, 2.24) is 15.3 Å². The number of nitrogens with zero attached hydrogens (tertiary/aromatic N) is 2. The lowest BCUT2D eigenvalue weighted by Crippen LogP contribution is -2.24. The van der Waals surface area contributed by atoms with Crippen molar-refractivity contribution < 1.29 is 14.3 Å². The van der Waals surface area contributed by atoms with E-state index in [9.17, 15) is 4.79 Å². The fourth-order valence-electron chi connectivity index (χ4n) is 2.55. The average molecular weight is 392 g/mol. The summed E-state index contributed by atoms with van der Waals surface area (Å²) in [6.45, 7) is 3.40. The van der Waals surface area contributed by atoms with Crippen molar-refractivity contribution in [1.29, 1.82) is 0 Å². The zero-order valence-electron chi connectivity index (χ0n) is 16.5. The highest BCUT2D eigenvalue weighted by Crippen LogP contribution is 2.16. The number of nitrogens with one attached hydrogen (secondary N) is 2. The number of aryl methyl sites for hydroxylation is 1. The van der Waals surface area contributed by atoms with E-state index in [4.69, 9.17) is 9.47 Å². The van der Waals surface area contributed by atoms with Gasteiger partial charge in [-0.2, -0.15) is 0 Å². The van der Waals surface area contributed by atoms with Crippen LogP contribution in [0.4, 0.5) is 5.95 Å². The van der Waals surface area contributed by atoms with E-state index < -0.39 is 0 Å². The van der Waals surface area contributed by atoms with E-state index in [1.54, 1.807) is 19.4 Å². The molecule has 150 valence electrons. The molecule has 0 aliphatic carbocycles. The molecule has 0 bridgehead atoms. The molecule has 0 unspecified atom stereocenters. The molecule has 1 amide bonds. The molecule has 1 heterocycles. The minimum Gasteiger partial charge on any atom is -0.497 e. The maximum atomic E-state index is 12.3. The van der Waals surface area contributed by atoms with Gasteiger partial charge in [0.05, 0.1) is 13.7 Å². The molecule has 0 atom stereocenters. The largest absolute Gasteiger partial charge is 0.497 e. The number of hydrogen-bond acceptors (Lipinski definition) is 6. The fraction of sp³-hybridized carbons (Fsp3) is 0.227. The highest BCUT2D eigenvalue weighted by Gasteiger charge is 2.08. The van der Waals surface area contributed by atoms with Crippen molar-refractivity contribution >= 4 is 11.9 Å². The minimum absolute atomic E-state index is 0.245. The zero-order chi connectivity index (χ0) is 20.5. The molecule has 2 N–H and O–H groups in total. The van der Waals surface area contributed by atoms with Crippen molar-refractivity contribution in [3.8, 4) is 11.5 Å². The molecule has 1 aromatic heterocycles. The number of methoxy groups -OCH3 is 1. The Morgan fingerprint density at radius 2 is 1.72 bits per heavy atom. The SMILES string of the molecule is COc1ccc(OCCNc2nccc(C(=O)NCc3ccc(C)cc3)n2)cc1. The number of anilines is 1. The molecule has 0 spiro atoms. The summed E-state index contributed by atoms with van der Waals surface area (Å²) in [7, 11) is 1.62. The maximum absolute atomic E-state index is 12.3. The van der Waals surface area contributed by atoms with Gasteiger partial charge in [-0.1, -0.05) is 29.8 Å². The van der Waals surface area contributed by atoms with Crippen molar-refractivity contribution in [3.63, 3.8) is 0 Å². The van der Waals surface area contributed by atoms with Gasteiger partial charge in [-0.3, -0.25) is 4.79 Å². The zero-order valence-corrected chi connectivity index (χ0v) is 16.5.